The van der Waals surface area contributed by atoms with Crippen LogP contribution in [-0.2, 0) is 4.79 Å². The summed E-state index contributed by atoms with van der Waals surface area (Å²) in [6, 6.07) is -0.231. The molecular weight excluding hydrogens is 118 g/mol. The minimum Gasteiger partial charge on any atom is -0.480 e. The Kier molecular flexibility index (Phi) is 1.45. The Morgan fingerprint density at radius 1 is 1.78 bits per heavy atom. The van der Waals surface area contributed by atoms with E-state index in [-0.39, 0.29) is 6.04 Å². The standard InChI is InChI=1S/C6H11NO2/c1-4-3-7(2)5(4)6(8)9/h4-5H,3H2,1-2H3,(H,8,9). The predicted octanol–water partition coefficient (Wildman–Crippen LogP) is 0.0211. The smallest absolute Gasteiger partial charge is 0.321 e. The molecule has 3 heteroatoms. The van der Waals surface area contributed by atoms with Crippen molar-refractivity contribution in [3.63, 3.8) is 0 Å². The van der Waals surface area contributed by atoms with Crippen LogP contribution >= 0.6 is 0 Å². The van der Waals surface area contributed by atoms with Crippen LogP contribution in [0.3, 0.4) is 0 Å². The number of hydrogen-bond acceptors (Lipinski definition) is 2. The van der Waals surface area contributed by atoms with Gasteiger partial charge in [-0.15, -0.1) is 0 Å². The SMILES string of the molecule is CC1CN(C)C1C(=O)O. The van der Waals surface area contributed by atoms with Crippen molar-refractivity contribution in [2.75, 3.05) is 13.6 Å². The lowest BCUT2D eigenvalue weighted by molar-refractivity contribution is -0.151. The van der Waals surface area contributed by atoms with Gasteiger partial charge in [-0.25, -0.2) is 0 Å². The van der Waals surface area contributed by atoms with Gasteiger partial charge in [-0.05, 0) is 13.0 Å². The monoisotopic (exact) mass is 129 g/mol. The van der Waals surface area contributed by atoms with Crippen LogP contribution in [0, 0.1) is 5.92 Å². The molecule has 1 heterocycles. The quantitative estimate of drug-likeness (QED) is 0.542. The summed E-state index contributed by atoms with van der Waals surface area (Å²) in [5.74, 6) is -0.372. The molecule has 0 aliphatic carbocycles. The second-order valence-electron chi connectivity index (χ2n) is 2.70. The van der Waals surface area contributed by atoms with Crippen LogP contribution in [0.15, 0.2) is 0 Å². The second-order valence-corrected chi connectivity index (χ2v) is 2.70. The average molecular weight is 129 g/mol. The third-order valence-corrected chi connectivity index (χ3v) is 1.84. The Morgan fingerprint density at radius 3 is 2.44 bits per heavy atom. The molecule has 2 unspecified atom stereocenters. The van der Waals surface area contributed by atoms with Crippen molar-refractivity contribution in [1.82, 2.24) is 4.90 Å². The van der Waals surface area contributed by atoms with E-state index in [0.29, 0.717) is 5.92 Å². The first-order valence-corrected chi connectivity index (χ1v) is 3.06. The van der Waals surface area contributed by atoms with Crippen molar-refractivity contribution in [2.24, 2.45) is 5.92 Å². The second kappa shape index (κ2) is 1.99. The van der Waals surface area contributed by atoms with Gasteiger partial charge in [-0.2, -0.15) is 0 Å². The molecular formula is C6H11NO2. The Hall–Kier alpha value is -0.570. The molecule has 1 fully saturated rings. The molecule has 1 saturated heterocycles. The van der Waals surface area contributed by atoms with Gasteiger partial charge in [0.1, 0.15) is 6.04 Å². The first-order valence-electron chi connectivity index (χ1n) is 3.06. The van der Waals surface area contributed by atoms with Gasteiger partial charge in [0.05, 0.1) is 0 Å². The van der Waals surface area contributed by atoms with Crippen molar-refractivity contribution in [3.8, 4) is 0 Å². The van der Waals surface area contributed by atoms with E-state index in [1.807, 2.05) is 18.9 Å². The van der Waals surface area contributed by atoms with E-state index in [1.165, 1.54) is 0 Å². The molecule has 0 amide bonds. The topological polar surface area (TPSA) is 40.5 Å². The van der Waals surface area contributed by atoms with Gasteiger partial charge in [-0.3, -0.25) is 9.69 Å². The number of carboxylic acids is 1. The lowest BCUT2D eigenvalue weighted by Gasteiger charge is -2.40. The van der Waals surface area contributed by atoms with Crippen molar-refractivity contribution in [2.45, 2.75) is 13.0 Å². The molecule has 0 radical (unpaired) electrons. The zero-order valence-electron chi connectivity index (χ0n) is 5.66. The normalized spacial score (nSPS) is 35.8. The maximum Gasteiger partial charge on any atom is 0.321 e. The van der Waals surface area contributed by atoms with Gasteiger partial charge in [0.25, 0.3) is 0 Å². The molecule has 2 atom stereocenters. The highest BCUT2D eigenvalue weighted by molar-refractivity contribution is 5.75. The lowest BCUT2D eigenvalue weighted by Crippen LogP contribution is -2.56. The molecule has 0 saturated carbocycles. The fourth-order valence-electron chi connectivity index (χ4n) is 1.40. The molecule has 1 N–H and O–H groups in total. The van der Waals surface area contributed by atoms with Gasteiger partial charge >= 0.3 is 5.97 Å². The Labute approximate surface area is 54.3 Å². The molecule has 1 aliphatic rings. The first-order chi connectivity index (χ1) is 4.13. The molecule has 52 valence electrons. The number of carboxylic acid groups (broad SMARTS) is 1. The molecule has 3 nitrogen and oxygen atoms in total. The number of aliphatic carboxylic acids is 1. The van der Waals surface area contributed by atoms with Gasteiger partial charge in [0, 0.05) is 6.54 Å². The number of nitrogens with zero attached hydrogens (tertiary/aromatic N) is 1. The molecule has 0 aromatic rings. The summed E-state index contributed by atoms with van der Waals surface area (Å²) in [4.78, 5) is 12.2. The minimum atomic E-state index is -0.698. The Morgan fingerprint density at radius 2 is 2.33 bits per heavy atom. The van der Waals surface area contributed by atoms with Gasteiger partial charge in [-0.1, -0.05) is 6.92 Å². The zero-order chi connectivity index (χ0) is 7.02. The van der Waals surface area contributed by atoms with Crippen LogP contribution in [-0.4, -0.2) is 35.6 Å². The summed E-state index contributed by atoms with van der Waals surface area (Å²) in [6.45, 7) is 2.87. The van der Waals surface area contributed by atoms with E-state index in [1.54, 1.807) is 0 Å². The number of hydrogen-bond donors (Lipinski definition) is 1. The number of likely N-dealkylation sites (tertiary alicyclic amines) is 1. The lowest BCUT2D eigenvalue weighted by atomic mass is 9.92. The van der Waals surface area contributed by atoms with Crippen molar-refractivity contribution in [1.29, 1.82) is 0 Å². The maximum atomic E-state index is 10.4. The number of rotatable bonds is 1. The van der Waals surface area contributed by atoms with E-state index < -0.39 is 5.97 Å². The summed E-state index contributed by atoms with van der Waals surface area (Å²) in [7, 11) is 1.83. The van der Waals surface area contributed by atoms with Crippen LogP contribution in [0.1, 0.15) is 6.92 Å². The number of likely N-dealkylation sites (N-methyl/N-ethyl adjacent to an activating group) is 1. The van der Waals surface area contributed by atoms with Crippen LogP contribution in [0.25, 0.3) is 0 Å². The molecule has 1 rings (SSSR count). The van der Waals surface area contributed by atoms with E-state index in [0.717, 1.165) is 6.54 Å². The van der Waals surface area contributed by atoms with Crippen LogP contribution in [0.5, 0.6) is 0 Å². The first kappa shape index (κ1) is 6.55. The zero-order valence-corrected chi connectivity index (χ0v) is 5.66. The molecule has 0 bridgehead atoms. The van der Waals surface area contributed by atoms with Gasteiger partial charge in [0.15, 0.2) is 0 Å². The molecule has 9 heavy (non-hydrogen) atoms. The summed E-state index contributed by atoms with van der Waals surface area (Å²) >= 11 is 0. The van der Waals surface area contributed by atoms with Crippen LogP contribution in [0.2, 0.25) is 0 Å². The molecule has 0 aromatic carbocycles. The maximum absolute atomic E-state index is 10.4. The highest BCUT2D eigenvalue weighted by Gasteiger charge is 2.38. The third-order valence-electron chi connectivity index (χ3n) is 1.84. The molecule has 0 spiro atoms. The average Bonchev–Trinajstić information content (AvgIpc) is 1.62. The molecule has 0 aromatic heterocycles. The van der Waals surface area contributed by atoms with Crippen LogP contribution < -0.4 is 0 Å². The highest BCUT2D eigenvalue weighted by Crippen LogP contribution is 2.21. The Balaban J connectivity index is 2.49. The fourth-order valence-corrected chi connectivity index (χ4v) is 1.40. The predicted molar refractivity (Wildman–Crippen MR) is 33.2 cm³/mol. The third kappa shape index (κ3) is 0.920. The van der Waals surface area contributed by atoms with Crippen molar-refractivity contribution >= 4 is 5.97 Å². The summed E-state index contributed by atoms with van der Waals surface area (Å²) in [5, 5.41) is 8.53. The Bertz CT molecular complexity index is 127. The van der Waals surface area contributed by atoms with Crippen molar-refractivity contribution < 1.29 is 9.90 Å². The van der Waals surface area contributed by atoms with E-state index in [9.17, 15) is 4.79 Å². The summed E-state index contributed by atoms with van der Waals surface area (Å²) in [5.41, 5.74) is 0. The van der Waals surface area contributed by atoms with Crippen LogP contribution in [0.4, 0.5) is 0 Å². The van der Waals surface area contributed by atoms with E-state index in [4.69, 9.17) is 5.11 Å². The van der Waals surface area contributed by atoms with E-state index in [2.05, 4.69) is 0 Å². The molecule has 1 aliphatic heterocycles. The summed E-state index contributed by atoms with van der Waals surface area (Å²) < 4.78 is 0. The van der Waals surface area contributed by atoms with Crippen molar-refractivity contribution in [3.05, 3.63) is 0 Å². The fraction of sp³-hybridized carbons (Fsp3) is 0.833. The van der Waals surface area contributed by atoms with Gasteiger partial charge in [0.2, 0.25) is 0 Å². The highest BCUT2D eigenvalue weighted by atomic mass is 16.4. The largest absolute Gasteiger partial charge is 0.480 e. The summed E-state index contributed by atoms with van der Waals surface area (Å²) in [6.07, 6.45) is 0. The van der Waals surface area contributed by atoms with E-state index >= 15 is 0 Å². The van der Waals surface area contributed by atoms with Gasteiger partial charge < -0.3 is 5.11 Å². The number of carbonyl (C=O) groups is 1. The minimum absolute atomic E-state index is 0.231.